The zero-order valence-electron chi connectivity index (χ0n) is 16.1. The van der Waals surface area contributed by atoms with E-state index in [4.69, 9.17) is 18.6 Å². The average Bonchev–Trinajstić information content (AvgIpc) is 3.16. The van der Waals surface area contributed by atoms with E-state index < -0.39 is 10.2 Å². The average molecular weight is 457 g/mol. The van der Waals surface area contributed by atoms with Gasteiger partial charge in [0.15, 0.2) is 0 Å². The third-order valence-electron chi connectivity index (χ3n) is 4.63. The van der Waals surface area contributed by atoms with Crippen molar-refractivity contribution in [1.29, 1.82) is 0 Å². The molecule has 0 bridgehead atoms. The molecule has 5 rings (SSSR count). The van der Waals surface area contributed by atoms with Crippen LogP contribution in [-0.2, 0) is 0 Å². The van der Waals surface area contributed by atoms with E-state index in [2.05, 4.69) is 42.5 Å². The number of benzene rings is 3. The first-order chi connectivity index (χ1) is 14.8. The van der Waals surface area contributed by atoms with E-state index in [1.165, 1.54) is 0 Å². The first-order valence-electron chi connectivity index (χ1n) is 9.19. The Morgan fingerprint density at radius 1 is 0.742 bits per heavy atom. The Hall–Kier alpha value is -3.04. The third kappa shape index (κ3) is 4.67. The van der Waals surface area contributed by atoms with Crippen LogP contribution in [0.2, 0.25) is 0 Å². The van der Waals surface area contributed by atoms with Crippen molar-refractivity contribution < 1.29 is 38.4 Å². The predicted octanol–water partition coefficient (Wildman–Crippen LogP) is 2.82. The molecule has 0 fully saturated rings. The van der Waals surface area contributed by atoms with Crippen molar-refractivity contribution in [2.45, 2.75) is 0 Å². The zero-order valence-corrected chi connectivity index (χ0v) is 17.7. The molecule has 0 saturated carbocycles. The summed E-state index contributed by atoms with van der Waals surface area (Å²) in [6, 6.07) is 30.7. The summed E-state index contributed by atoms with van der Waals surface area (Å²) in [6.07, 6.45) is 0. The molecule has 2 heterocycles. The monoisotopic (exact) mass is 456 g/mol. The second kappa shape index (κ2) is 8.60. The number of thiazole rings is 1. The summed E-state index contributed by atoms with van der Waals surface area (Å²) < 4.78 is 32.2. The normalized spacial score (nSPS) is 11.9. The van der Waals surface area contributed by atoms with Gasteiger partial charge in [0.1, 0.15) is 4.88 Å². The molecule has 5 aromatic rings. The van der Waals surface area contributed by atoms with Crippen molar-refractivity contribution in [3.05, 3.63) is 91.0 Å². The van der Waals surface area contributed by atoms with E-state index in [1.807, 2.05) is 52.9 Å². The molecule has 0 spiro atoms. The molecule has 0 aliphatic heterocycles. The zero-order chi connectivity index (χ0) is 22.0. The van der Waals surface area contributed by atoms with Crippen LogP contribution in [0.3, 0.4) is 0 Å². The number of nitrogens with zero attached hydrogens (tertiary/aromatic N) is 1. The van der Waals surface area contributed by atoms with Crippen LogP contribution in [0.1, 0.15) is 0 Å². The van der Waals surface area contributed by atoms with Gasteiger partial charge in [-0.15, -0.1) is 4.40 Å². The van der Waals surface area contributed by atoms with E-state index in [0.29, 0.717) is 0 Å². The Labute approximate surface area is 183 Å². The first kappa shape index (κ1) is 21.2. The number of pyridine rings is 1. The molecule has 2 aromatic heterocycles. The molecule has 0 aliphatic rings. The molecular weight excluding hydrogens is 438 g/mol. The van der Waals surface area contributed by atoms with Gasteiger partial charge in [0, 0.05) is 5.56 Å². The molecule has 0 unspecified atom stereocenters. The molecule has 3 aromatic carbocycles. The van der Waals surface area contributed by atoms with Gasteiger partial charge in [-0.1, -0.05) is 78.1 Å². The molecule has 158 valence electrons. The Balaban J connectivity index is 0.000000418. The molecule has 0 amide bonds. The molecule has 0 radical (unpaired) electrons. The minimum atomic E-state index is -4.19. The van der Waals surface area contributed by atoms with Gasteiger partial charge in [0.25, 0.3) is 4.83 Å². The number of rotatable bonds is 2. The van der Waals surface area contributed by atoms with Crippen molar-refractivity contribution in [2.24, 2.45) is 0 Å². The summed E-state index contributed by atoms with van der Waals surface area (Å²) in [5.41, 5.74) is 3.27. The fraction of sp³-hybridized carbons (Fsp3) is 0. The van der Waals surface area contributed by atoms with Crippen LogP contribution in [0.4, 0.5) is 0 Å². The summed E-state index contributed by atoms with van der Waals surface area (Å²) >= 11 is 1.72. The van der Waals surface area contributed by atoms with Gasteiger partial charge < -0.3 is 5.11 Å². The fourth-order valence-electron chi connectivity index (χ4n) is 3.45. The third-order valence-corrected chi connectivity index (χ3v) is 5.86. The summed E-state index contributed by atoms with van der Waals surface area (Å²) in [6.45, 7) is 0. The van der Waals surface area contributed by atoms with Crippen molar-refractivity contribution in [3.63, 3.8) is 0 Å². The Morgan fingerprint density at radius 2 is 1.26 bits per heavy atom. The molecule has 6 nitrogen and oxygen atoms in total. The second-order valence-corrected chi connectivity index (χ2v) is 8.54. The number of aromatic hydroxyl groups is 1. The fourth-order valence-corrected chi connectivity index (χ4v) is 4.78. The molecule has 0 aliphatic carbocycles. The van der Waals surface area contributed by atoms with Gasteiger partial charge in [0.05, 0.1) is 11.5 Å². The Kier molecular flexibility index (Phi) is 5.88. The molecular formula is C23H19ClNO5S+. The van der Waals surface area contributed by atoms with Crippen LogP contribution in [0.25, 0.3) is 37.3 Å². The van der Waals surface area contributed by atoms with Crippen LogP contribution in [0, 0.1) is 10.2 Å². The van der Waals surface area contributed by atoms with Crippen LogP contribution >= 0.6 is 11.3 Å². The number of halogens is 1. The number of hydrogen-bond acceptors (Lipinski definition) is 6. The van der Waals surface area contributed by atoms with Gasteiger partial charge >= 0.3 is 34.8 Å². The number of fused-ring (bicyclic) bond motifs is 3. The van der Waals surface area contributed by atoms with Crippen molar-refractivity contribution >= 4 is 26.9 Å². The van der Waals surface area contributed by atoms with Gasteiger partial charge in [-0.25, -0.2) is 0 Å². The van der Waals surface area contributed by atoms with E-state index in [-0.39, 0.29) is 5.88 Å². The minimum absolute atomic E-state index is 0.260. The number of aromatic nitrogens is 1. The van der Waals surface area contributed by atoms with Crippen LogP contribution in [-0.4, -0.2) is 19.1 Å². The summed E-state index contributed by atoms with van der Waals surface area (Å²) in [5.74, 6) is 0.260. The van der Waals surface area contributed by atoms with E-state index in [0.717, 1.165) is 37.3 Å². The predicted molar refractivity (Wildman–Crippen MR) is 114 cm³/mol. The van der Waals surface area contributed by atoms with Gasteiger partial charge in [-0.3, -0.25) is 0 Å². The van der Waals surface area contributed by atoms with Crippen LogP contribution in [0.15, 0.2) is 91.0 Å². The number of hydrogen-bond donors (Lipinski definition) is 4. The van der Waals surface area contributed by atoms with Gasteiger partial charge in [-0.2, -0.15) is 0 Å². The van der Waals surface area contributed by atoms with Gasteiger partial charge in [0.2, 0.25) is 5.69 Å². The second-order valence-electron chi connectivity index (χ2n) is 6.68. The van der Waals surface area contributed by atoms with Crippen molar-refractivity contribution in [2.75, 3.05) is 0 Å². The maximum atomic E-state index is 10.8. The summed E-state index contributed by atoms with van der Waals surface area (Å²) in [7, 11) is -4.19. The standard InChI is InChI=1S/C23H15NOS.ClH3O4/c25-20-15-18-13-7-8-14-19(18)23-24(20)21(16-9-3-1-4-10-16)22(26-23)17-11-5-2-6-12-17;2-1(3,4)5/h1-15H;2-4H/p+1. The molecule has 0 saturated heterocycles. The van der Waals surface area contributed by atoms with Crippen molar-refractivity contribution in [3.8, 4) is 27.6 Å². The van der Waals surface area contributed by atoms with Crippen molar-refractivity contribution in [1.82, 2.24) is 0 Å². The summed E-state index contributed by atoms with van der Waals surface area (Å²) in [5, 5.41) is 13.0. The summed E-state index contributed by atoms with van der Waals surface area (Å²) in [4.78, 5) is 2.21. The molecule has 0 atom stereocenters. The van der Waals surface area contributed by atoms with Crippen LogP contribution in [0.5, 0.6) is 5.88 Å². The molecule has 4 N–H and O–H groups in total. The maximum absolute atomic E-state index is 10.8. The van der Waals surface area contributed by atoms with E-state index >= 15 is 0 Å². The molecule has 31 heavy (non-hydrogen) atoms. The quantitative estimate of drug-likeness (QED) is 0.305. The Bertz CT molecular complexity index is 1330. The van der Waals surface area contributed by atoms with E-state index in [1.54, 1.807) is 11.3 Å². The van der Waals surface area contributed by atoms with Crippen LogP contribution < -0.4 is 9.06 Å². The van der Waals surface area contributed by atoms with E-state index in [9.17, 15) is 5.11 Å². The SMILES string of the molecule is Oc1cc2ccccc2c2sc(-c3ccccc3)c(-c3ccccc3)[n+]12.[O-][Cl+](O)(O)O. The topological polar surface area (TPSA) is 108 Å². The first-order valence-corrected chi connectivity index (χ1v) is 11.3. The molecule has 8 heteroatoms. The van der Waals surface area contributed by atoms with Gasteiger partial charge in [-0.05, 0) is 29.1 Å². The Morgan fingerprint density at radius 3 is 1.87 bits per heavy atom.